The highest BCUT2D eigenvalue weighted by atomic mass is 79.9. The van der Waals surface area contributed by atoms with Crippen LogP contribution < -0.4 is 10.1 Å². The van der Waals surface area contributed by atoms with Gasteiger partial charge in [0.1, 0.15) is 5.75 Å². The third-order valence-electron chi connectivity index (χ3n) is 3.25. The van der Waals surface area contributed by atoms with Gasteiger partial charge >= 0.3 is 0 Å². The lowest BCUT2D eigenvalue weighted by molar-refractivity contribution is -0.119. The Morgan fingerprint density at radius 3 is 2.57 bits per heavy atom. The monoisotopic (exact) mass is 393 g/mol. The highest BCUT2D eigenvalue weighted by Gasteiger charge is 2.12. The number of thioether (sulfide) groups is 1. The summed E-state index contributed by atoms with van der Waals surface area (Å²) < 4.78 is 6.41. The van der Waals surface area contributed by atoms with Gasteiger partial charge in [0.15, 0.2) is 0 Å². The standard InChI is InChI=1S/C18H20BrNO2S/c1-3-22-14-8-10-15(11-9-14)23-12-18(21)20-13(2)16-6-4-5-7-17(16)19/h4-11,13H,3,12H2,1-2H3,(H,20,21)/t13-/m1/s1. The molecule has 0 spiro atoms. The Bertz CT molecular complexity index is 646. The van der Waals surface area contributed by atoms with Crippen molar-refractivity contribution in [2.24, 2.45) is 0 Å². The normalized spacial score (nSPS) is 11.8. The number of benzene rings is 2. The van der Waals surface area contributed by atoms with Gasteiger partial charge in [0, 0.05) is 9.37 Å². The molecule has 5 heteroatoms. The molecule has 0 aromatic heterocycles. The van der Waals surface area contributed by atoms with Crippen LogP contribution in [-0.2, 0) is 4.79 Å². The third kappa shape index (κ3) is 5.59. The molecule has 0 aliphatic carbocycles. The first-order valence-corrected chi connectivity index (χ1v) is 9.27. The van der Waals surface area contributed by atoms with E-state index in [-0.39, 0.29) is 11.9 Å². The average Bonchev–Trinajstić information content (AvgIpc) is 2.55. The zero-order valence-electron chi connectivity index (χ0n) is 13.2. The van der Waals surface area contributed by atoms with Crippen LogP contribution in [0.4, 0.5) is 0 Å². The summed E-state index contributed by atoms with van der Waals surface area (Å²) in [6, 6.07) is 15.7. The Balaban J connectivity index is 1.84. The van der Waals surface area contributed by atoms with E-state index < -0.39 is 0 Å². The van der Waals surface area contributed by atoms with Gasteiger partial charge in [-0.05, 0) is 49.7 Å². The lowest BCUT2D eigenvalue weighted by Crippen LogP contribution is -2.28. The lowest BCUT2D eigenvalue weighted by atomic mass is 10.1. The van der Waals surface area contributed by atoms with Crippen molar-refractivity contribution in [1.82, 2.24) is 5.32 Å². The van der Waals surface area contributed by atoms with Gasteiger partial charge in [0.2, 0.25) is 5.91 Å². The van der Waals surface area contributed by atoms with Crippen molar-refractivity contribution in [2.75, 3.05) is 12.4 Å². The fourth-order valence-corrected chi connectivity index (χ4v) is 3.47. The molecule has 0 saturated carbocycles. The molecule has 0 heterocycles. The number of carbonyl (C=O) groups is 1. The molecule has 23 heavy (non-hydrogen) atoms. The molecule has 0 aliphatic rings. The number of hydrogen-bond acceptors (Lipinski definition) is 3. The second-order valence-corrected chi connectivity index (χ2v) is 6.91. The van der Waals surface area contributed by atoms with Gasteiger partial charge in [-0.1, -0.05) is 34.1 Å². The van der Waals surface area contributed by atoms with Crippen molar-refractivity contribution in [2.45, 2.75) is 24.8 Å². The van der Waals surface area contributed by atoms with E-state index >= 15 is 0 Å². The fraction of sp³-hybridized carbons (Fsp3) is 0.278. The maximum Gasteiger partial charge on any atom is 0.230 e. The van der Waals surface area contributed by atoms with Crippen molar-refractivity contribution in [1.29, 1.82) is 0 Å². The molecule has 122 valence electrons. The quantitative estimate of drug-likeness (QED) is 0.685. The summed E-state index contributed by atoms with van der Waals surface area (Å²) in [6.07, 6.45) is 0. The molecular formula is C18H20BrNO2S. The second kappa shape index (κ2) is 8.99. The first-order chi connectivity index (χ1) is 11.1. The first kappa shape index (κ1) is 17.9. The zero-order chi connectivity index (χ0) is 16.7. The molecule has 0 aliphatic heterocycles. The smallest absolute Gasteiger partial charge is 0.230 e. The largest absolute Gasteiger partial charge is 0.494 e. The van der Waals surface area contributed by atoms with Gasteiger partial charge in [-0.2, -0.15) is 0 Å². The predicted molar refractivity (Wildman–Crippen MR) is 99.0 cm³/mol. The van der Waals surface area contributed by atoms with E-state index in [1.165, 1.54) is 11.8 Å². The van der Waals surface area contributed by atoms with E-state index in [0.717, 1.165) is 20.7 Å². The Morgan fingerprint density at radius 1 is 1.22 bits per heavy atom. The number of halogens is 1. The summed E-state index contributed by atoms with van der Waals surface area (Å²) >= 11 is 5.03. The number of carbonyl (C=O) groups excluding carboxylic acids is 1. The van der Waals surface area contributed by atoms with Gasteiger partial charge < -0.3 is 10.1 Å². The Morgan fingerprint density at radius 2 is 1.91 bits per heavy atom. The number of amides is 1. The van der Waals surface area contributed by atoms with Crippen LogP contribution in [-0.4, -0.2) is 18.3 Å². The highest BCUT2D eigenvalue weighted by molar-refractivity contribution is 9.10. The molecule has 1 atom stereocenters. The van der Waals surface area contributed by atoms with E-state index in [4.69, 9.17) is 4.74 Å². The number of hydrogen-bond donors (Lipinski definition) is 1. The average molecular weight is 394 g/mol. The van der Waals surface area contributed by atoms with Crippen LogP contribution in [0.1, 0.15) is 25.5 Å². The number of ether oxygens (including phenoxy) is 1. The van der Waals surface area contributed by atoms with Gasteiger partial charge in [-0.3, -0.25) is 4.79 Å². The minimum Gasteiger partial charge on any atom is -0.494 e. The van der Waals surface area contributed by atoms with Crippen LogP contribution in [0.3, 0.4) is 0 Å². The number of rotatable bonds is 7. The van der Waals surface area contributed by atoms with E-state index in [1.54, 1.807) is 0 Å². The second-order valence-electron chi connectivity index (χ2n) is 5.00. The Kier molecular flexibility index (Phi) is 6.99. The van der Waals surface area contributed by atoms with Gasteiger partial charge in [-0.25, -0.2) is 0 Å². The van der Waals surface area contributed by atoms with Crippen molar-refractivity contribution in [3.05, 3.63) is 58.6 Å². The maximum atomic E-state index is 12.1. The van der Waals surface area contributed by atoms with Crippen molar-refractivity contribution < 1.29 is 9.53 Å². The van der Waals surface area contributed by atoms with E-state index in [1.807, 2.05) is 62.4 Å². The molecule has 0 saturated heterocycles. The summed E-state index contributed by atoms with van der Waals surface area (Å²) in [5.41, 5.74) is 1.08. The summed E-state index contributed by atoms with van der Waals surface area (Å²) in [6.45, 7) is 4.60. The van der Waals surface area contributed by atoms with Crippen LogP contribution in [0.5, 0.6) is 5.75 Å². The van der Waals surface area contributed by atoms with Crippen molar-refractivity contribution in [3.63, 3.8) is 0 Å². The molecule has 2 aromatic rings. The molecule has 1 amide bonds. The third-order valence-corrected chi connectivity index (χ3v) is 4.99. The van der Waals surface area contributed by atoms with Crippen molar-refractivity contribution in [3.8, 4) is 5.75 Å². The summed E-state index contributed by atoms with van der Waals surface area (Å²) in [7, 11) is 0. The molecule has 0 radical (unpaired) electrons. The molecular weight excluding hydrogens is 374 g/mol. The zero-order valence-corrected chi connectivity index (χ0v) is 15.6. The van der Waals surface area contributed by atoms with Crippen LogP contribution >= 0.6 is 27.7 Å². The Labute approximate surface area is 149 Å². The molecule has 0 bridgehead atoms. The number of nitrogens with one attached hydrogen (secondary N) is 1. The molecule has 0 unspecified atom stereocenters. The minimum absolute atomic E-state index is 0.0205. The topological polar surface area (TPSA) is 38.3 Å². The molecule has 2 aromatic carbocycles. The first-order valence-electron chi connectivity index (χ1n) is 7.49. The van der Waals surface area contributed by atoms with Crippen LogP contribution in [0.15, 0.2) is 57.9 Å². The Hall–Kier alpha value is -1.46. The van der Waals surface area contributed by atoms with Gasteiger partial charge in [-0.15, -0.1) is 11.8 Å². The summed E-state index contributed by atoms with van der Waals surface area (Å²) in [5, 5.41) is 3.02. The minimum atomic E-state index is -0.0287. The van der Waals surface area contributed by atoms with E-state index in [0.29, 0.717) is 12.4 Å². The molecule has 3 nitrogen and oxygen atoms in total. The molecule has 2 rings (SSSR count). The SMILES string of the molecule is CCOc1ccc(SCC(=O)N[C@H](C)c2ccccc2Br)cc1. The summed E-state index contributed by atoms with van der Waals surface area (Å²) in [5.74, 6) is 1.26. The van der Waals surface area contributed by atoms with Gasteiger partial charge in [0.05, 0.1) is 18.4 Å². The lowest BCUT2D eigenvalue weighted by Gasteiger charge is -2.15. The van der Waals surface area contributed by atoms with Crippen LogP contribution in [0.25, 0.3) is 0 Å². The van der Waals surface area contributed by atoms with Gasteiger partial charge in [0.25, 0.3) is 0 Å². The van der Waals surface area contributed by atoms with E-state index in [2.05, 4.69) is 21.2 Å². The maximum absolute atomic E-state index is 12.1. The molecule has 0 fully saturated rings. The summed E-state index contributed by atoms with van der Waals surface area (Å²) in [4.78, 5) is 13.2. The van der Waals surface area contributed by atoms with Crippen LogP contribution in [0.2, 0.25) is 0 Å². The molecule has 1 N–H and O–H groups in total. The fourth-order valence-electron chi connectivity index (χ4n) is 2.13. The highest BCUT2D eigenvalue weighted by Crippen LogP contribution is 2.24. The van der Waals surface area contributed by atoms with Crippen LogP contribution in [0, 0.1) is 0 Å². The predicted octanol–water partition coefficient (Wildman–Crippen LogP) is 4.82. The van der Waals surface area contributed by atoms with E-state index in [9.17, 15) is 4.79 Å². The van der Waals surface area contributed by atoms with Crippen molar-refractivity contribution >= 4 is 33.6 Å².